The molecule has 0 aromatic heterocycles. The van der Waals surface area contributed by atoms with Gasteiger partial charge in [0, 0.05) is 67.1 Å². The van der Waals surface area contributed by atoms with Crippen LogP contribution in [0.4, 0.5) is 11.4 Å². The van der Waals surface area contributed by atoms with Gasteiger partial charge in [0.05, 0.1) is 42.9 Å². The summed E-state index contributed by atoms with van der Waals surface area (Å²) < 4.78 is 4.95. The number of ketones is 2. The number of carbonyl (C=O) groups is 5. The average molecular weight is 879 g/mol. The second kappa shape index (κ2) is 18.2. The van der Waals surface area contributed by atoms with E-state index in [1.165, 1.54) is 7.11 Å². The van der Waals surface area contributed by atoms with Crippen molar-refractivity contribution in [3.63, 3.8) is 0 Å². The lowest BCUT2D eigenvalue weighted by Crippen LogP contribution is -2.45. The third-order valence-electron chi connectivity index (χ3n) is 15.9. The van der Waals surface area contributed by atoms with Crippen LogP contribution in [0.25, 0.3) is 22.3 Å². The maximum absolute atomic E-state index is 15.0. The number of fused-ring (bicyclic) bond motifs is 3. The van der Waals surface area contributed by atoms with Gasteiger partial charge in [-0.25, -0.2) is 0 Å². The van der Waals surface area contributed by atoms with Crippen LogP contribution in [0.2, 0.25) is 0 Å². The number of hydrogen-bond acceptors (Lipinski definition) is 8. The van der Waals surface area contributed by atoms with Crippen molar-refractivity contribution in [2.24, 2.45) is 39.1 Å². The predicted octanol–water partition coefficient (Wildman–Crippen LogP) is 10.4. The molecule has 6 aliphatic rings. The summed E-state index contributed by atoms with van der Waals surface area (Å²) in [4.78, 5) is 81.9. The predicted molar refractivity (Wildman–Crippen MR) is 255 cm³/mol. The summed E-state index contributed by atoms with van der Waals surface area (Å²) in [5.41, 5.74) is 12.0. The van der Waals surface area contributed by atoms with E-state index in [2.05, 4.69) is 48.5 Å². The first-order valence-electron chi connectivity index (χ1n) is 24.6. The Hall–Kier alpha value is -5.25. The van der Waals surface area contributed by atoms with Crippen molar-refractivity contribution >= 4 is 52.1 Å². The normalized spacial score (nSPS) is 21.7. The maximum Gasteiger partial charge on any atom is 0.306 e. The molecule has 3 aromatic rings. The number of carbonyl (C=O) groups excluding carboxylic acids is 5. The SMILES string of the molecule is CCC(=O)C[C@H](C(=O)N1CCC[C@H]1C1=Nc2ccc(-c3ccc(-c4ccc5c(c4)CC([C@@H]4CCCN4C(=O)[C@@H](CC(=O)OC)C(C)C)=N5)c4c3C(=O)C3(CCCCC3)C4)cc2C1)C(C)C. The number of methoxy groups -OCH3 is 1. The molecule has 1 spiro atoms. The molecule has 342 valence electrons. The minimum Gasteiger partial charge on any atom is -0.469 e. The second-order valence-electron chi connectivity index (χ2n) is 20.6. The summed E-state index contributed by atoms with van der Waals surface area (Å²) in [5, 5.41) is 0. The zero-order chi connectivity index (χ0) is 45.7. The summed E-state index contributed by atoms with van der Waals surface area (Å²) in [6, 6.07) is 17.1. The number of ether oxygens (including phenoxy) is 1. The number of aliphatic imine (C=N–C) groups is 2. The smallest absolute Gasteiger partial charge is 0.306 e. The lowest BCUT2D eigenvalue weighted by atomic mass is 9.71. The molecule has 4 heterocycles. The van der Waals surface area contributed by atoms with Crippen LogP contribution in [-0.2, 0) is 43.2 Å². The Morgan fingerprint density at radius 3 is 1.75 bits per heavy atom. The lowest BCUT2D eigenvalue weighted by molar-refractivity contribution is -0.148. The zero-order valence-corrected chi connectivity index (χ0v) is 39.3. The highest BCUT2D eigenvalue weighted by atomic mass is 16.5. The van der Waals surface area contributed by atoms with Gasteiger partial charge < -0.3 is 14.5 Å². The first-order valence-corrected chi connectivity index (χ1v) is 24.6. The monoisotopic (exact) mass is 878 g/mol. The van der Waals surface area contributed by atoms with E-state index in [0.717, 1.165) is 132 Å². The molecule has 9 rings (SSSR count). The van der Waals surface area contributed by atoms with Gasteiger partial charge in [0.2, 0.25) is 11.8 Å². The number of esters is 1. The van der Waals surface area contributed by atoms with Gasteiger partial charge >= 0.3 is 5.97 Å². The Kier molecular flexibility index (Phi) is 12.6. The van der Waals surface area contributed by atoms with Crippen LogP contribution in [0, 0.1) is 29.1 Å². The Balaban J connectivity index is 0.978. The van der Waals surface area contributed by atoms with Crippen LogP contribution in [0.15, 0.2) is 58.5 Å². The molecule has 4 aliphatic heterocycles. The maximum atomic E-state index is 15.0. The van der Waals surface area contributed by atoms with Gasteiger partial charge in [0.25, 0.3) is 0 Å². The standard InChI is InChI=1S/C55H66N4O6/c1-7-38(60)29-41(32(2)3)53(63)58-23-11-13-48(58)47-28-37-26-35(16-20-45(37)57-47)40-18-17-39(43-31-55(52(62)51(40)43)21-9-8-10-22-55)34-15-19-44-36(25-34)27-46(56-44)49-14-12-24-59(49)54(64)42(33(4)5)30-50(61)65-6/h15-20,25-26,32-33,41-42,48-49H,7-14,21-24,27-31H2,1-6H3/t41-,42-,48-,49-/m0/s1. The van der Waals surface area contributed by atoms with Crippen molar-refractivity contribution in [3.05, 3.63) is 70.8 Å². The van der Waals surface area contributed by atoms with E-state index in [9.17, 15) is 24.0 Å². The van der Waals surface area contributed by atoms with Crippen LogP contribution in [-0.4, -0.2) is 82.9 Å². The molecule has 65 heavy (non-hydrogen) atoms. The molecule has 10 nitrogen and oxygen atoms in total. The fraction of sp³-hybridized carbons (Fsp3) is 0.545. The molecule has 0 unspecified atom stereocenters. The molecule has 4 atom stereocenters. The first-order chi connectivity index (χ1) is 31.3. The lowest BCUT2D eigenvalue weighted by Gasteiger charge is -2.31. The third-order valence-corrected chi connectivity index (χ3v) is 15.9. The molecule has 0 bridgehead atoms. The fourth-order valence-corrected chi connectivity index (χ4v) is 12.1. The van der Waals surface area contributed by atoms with E-state index in [1.807, 2.05) is 44.4 Å². The van der Waals surface area contributed by atoms with Gasteiger partial charge in [-0.1, -0.05) is 78.1 Å². The van der Waals surface area contributed by atoms with Crippen molar-refractivity contribution in [1.82, 2.24) is 9.80 Å². The number of nitrogens with zero attached hydrogens (tertiary/aromatic N) is 4. The largest absolute Gasteiger partial charge is 0.469 e. The molecule has 2 saturated heterocycles. The van der Waals surface area contributed by atoms with Gasteiger partial charge in [0.15, 0.2) is 5.78 Å². The summed E-state index contributed by atoms with van der Waals surface area (Å²) in [5.74, 6) is -0.539. The molecule has 2 aliphatic carbocycles. The molecule has 0 N–H and O–H groups in total. The Bertz CT molecular complexity index is 2490. The molecule has 10 heteroatoms. The molecule has 1 saturated carbocycles. The van der Waals surface area contributed by atoms with Gasteiger partial charge in [-0.15, -0.1) is 0 Å². The molecule has 3 fully saturated rings. The fourth-order valence-electron chi connectivity index (χ4n) is 12.1. The summed E-state index contributed by atoms with van der Waals surface area (Å²) >= 11 is 0. The Labute approximate surface area is 384 Å². The molecular weight excluding hydrogens is 813 g/mol. The topological polar surface area (TPSA) is 126 Å². The average Bonchev–Trinajstić information content (AvgIpc) is 4.16. The van der Waals surface area contributed by atoms with E-state index in [4.69, 9.17) is 14.7 Å². The van der Waals surface area contributed by atoms with Gasteiger partial charge in [-0.2, -0.15) is 0 Å². The summed E-state index contributed by atoms with van der Waals surface area (Å²) in [6.45, 7) is 11.3. The van der Waals surface area contributed by atoms with Crippen molar-refractivity contribution < 1.29 is 28.7 Å². The highest BCUT2D eigenvalue weighted by Crippen LogP contribution is 2.52. The summed E-state index contributed by atoms with van der Waals surface area (Å²) in [7, 11) is 1.37. The number of amides is 2. The molecule has 3 aromatic carbocycles. The van der Waals surface area contributed by atoms with Crippen LogP contribution in [0.5, 0.6) is 0 Å². The van der Waals surface area contributed by atoms with Crippen molar-refractivity contribution in [2.75, 3.05) is 20.2 Å². The number of benzene rings is 3. The van der Waals surface area contributed by atoms with Crippen LogP contribution < -0.4 is 0 Å². The highest BCUT2D eigenvalue weighted by molar-refractivity contribution is 6.12. The van der Waals surface area contributed by atoms with Gasteiger partial charge in [0.1, 0.15) is 5.78 Å². The highest BCUT2D eigenvalue weighted by Gasteiger charge is 2.48. The minimum absolute atomic E-state index is 0.00461. The van der Waals surface area contributed by atoms with E-state index in [0.29, 0.717) is 38.8 Å². The molecule has 0 radical (unpaired) electrons. The number of hydrogen-bond donors (Lipinski definition) is 0. The first kappa shape index (κ1) is 44.9. The number of rotatable bonds is 13. The van der Waals surface area contributed by atoms with E-state index in [-0.39, 0.29) is 71.0 Å². The van der Waals surface area contributed by atoms with Crippen molar-refractivity contribution in [2.45, 2.75) is 143 Å². The minimum atomic E-state index is -0.436. The molecular formula is C55H66N4O6. The Morgan fingerprint density at radius 1 is 0.708 bits per heavy atom. The second-order valence-corrected chi connectivity index (χ2v) is 20.6. The third kappa shape index (κ3) is 8.33. The zero-order valence-electron chi connectivity index (χ0n) is 39.3. The van der Waals surface area contributed by atoms with Gasteiger partial charge in [-0.05, 0) is 120 Å². The van der Waals surface area contributed by atoms with Crippen LogP contribution in [0.1, 0.15) is 139 Å². The quantitative estimate of drug-likeness (QED) is 0.157. The molecule has 2 amide bonds. The van der Waals surface area contributed by atoms with E-state index >= 15 is 0 Å². The van der Waals surface area contributed by atoms with Crippen LogP contribution in [0.3, 0.4) is 0 Å². The van der Waals surface area contributed by atoms with E-state index in [1.54, 1.807) is 0 Å². The van der Waals surface area contributed by atoms with Crippen molar-refractivity contribution in [3.8, 4) is 22.3 Å². The van der Waals surface area contributed by atoms with Crippen molar-refractivity contribution in [1.29, 1.82) is 0 Å². The van der Waals surface area contributed by atoms with Crippen LogP contribution >= 0.6 is 0 Å². The van der Waals surface area contributed by atoms with Gasteiger partial charge in [-0.3, -0.25) is 34.0 Å². The number of likely N-dealkylation sites (tertiary alicyclic amines) is 2. The number of Topliss-reactive ketones (excluding diaryl/α,β-unsaturated/α-hetero) is 2. The van der Waals surface area contributed by atoms with E-state index < -0.39 is 5.92 Å². The summed E-state index contributed by atoms with van der Waals surface area (Å²) in [6.07, 6.45) is 11.5. The Morgan fingerprint density at radius 2 is 1.23 bits per heavy atom.